The van der Waals surface area contributed by atoms with Gasteiger partial charge in [0.15, 0.2) is 0 Å². The van der Waals surface area contributed by atoms with E-state index in [9.17, 15) is 4.79 Å². The summed E-state index contributed by atoms with van der Waals surface area (Å²) in [4.78, 5) is 23.2. The van der Waals surface area contributed by atoms with Crippen LogP contribution in [0.3, 0.4) is 0 Å². The molecule has 0 spiro atoms. The van der Waals surface area contributed by atoms with E-state index in [0.717, 1.165) is 37.7 Å². The average Bonchev–Trinajstić information content (AvgIpc) is 3.26. The summed E-state index contributed by atoms with van der Waals surface area (Å²) in [6, 6.07) is 4.08. The number of carbonyl (C=O) groups is 1. The molecule has 3 aromatic rings. The molecule has 0 saturated heterocycles. The van der Waals surface area contributed by atoms with Gasteiger partial charge < -0.3 is 9.88 Å². The molecule has 0 saturated carbocycles. The molecule has 1 aliphatic heterocycles. The molecule has 26 heavy (non-hydrogen) atoms. The number of nitrogens with zero attached hydrogens (tertiary/aromatic N) is 6. The van der Waals surface area contributed by atoms with Gasteiger partial charge in [-0.25, -0.2) is 4.98 Å². The number of aryl methyl sites for hydroxylation is 1. The zero-order chi connectivity index (χ0) is 17.9. The number of aromatic nitrogens is 5. The fraction of sp³-hybridized carbons (Fsp3) is 0.333. The summed E-state index contributed by atoms with van der Waals surface area (Å²) in [6.45, 7) is 4.00. The maximum absolute atomic E-state index is 12.1. The molecule has 0 aliphatic carbocycles. The van der Waals surface area contributed by atoms with Crippen molar-refractivity contribution < 1.29 is 4.79 Å². The fourth-order valence-electron chi connectivity index (χ4n) is 3.14. The van der Waals surface area contributed by atoms with E-state index >= 15 is 0 Å². The Labute approximate surface area is 151 Å². The van der Waals surface area contributed by atoms with Crippen molar-refractivity contribution >= 4 is 5.91 Å². The van der Waals surface area contributed by atoms with Crippen LogP contribution in [0.5, 0.6) is 0 Å². The number of hydrogen-bond donors (Lipinski definition) is 1. The van der Waals surface area contributed by atoms with Crippen molar-refractivity contribution in [2.45, 2.75) is 26.2 Å². The SMILES string of the molecule is Cn1cc(C(=O)NCc2cn3c(n2)CN(Cc2ccncc2)CC3)cn1. The minimum absolute atomic E-state index is 0.136. The molecule has 0 bridgehead atoms. The van der Waals surface area contributed by atoms with Crippen LogP contribution >= 0.6 is 0 Å². The topological polar surface area (TPSA) is 80.9 Å². The van der Waals surface area contributed by atoms with E-state index in [2.05, 4.69) is 29.9 Å². The van der Waals surface area contributed by atoms with Crippen LogP contribution in [0, 0.1) is 0 Å². The molecule has 1 aliphatic rings. The highest BCUT2D eigenvalue weighted by Crippen LogP contribution is 2.15. The largest absolute Gasteiger partial charge is 0.346 e. The van der Waals surface area contributed by atoms with Gasteiger partial charge in [0.1, 0.15) is 5.82 Å². The van der Waals surface area contributed by atoms with Crippen molar-refractivity contribution in [2.75, 3.05) is 6.54 Å². The Balaban J connectivity index is 1.36. The Kier molecular flexibility index (Phi) is 4.49. The van der Waals surface area contributed by atoms with Gasteiger partial charge in [0.2, 0.25) is 0 Å². The molecule has 1 N–H and O–H groups in total. The van der Waals surface area contributed by atoms with Gasteiger partial charge >= 0.3 is 0 Å². The number of pyridine rings is 1. The molecule has 0 atom stereocenters. The van der Waals surface area contributed by atoms with Crippen molar-refractivity contribution in [2.24, 2.45) is 7.05 Å². The molecule has 1 amide bonds. The number of carbonyl (C=O) groups excluding carboxylic acids is 1. The van der Waals surface area contributed by atoms with Crippen LogP contribution in [0.25, 0.3) is 0 Å². The van der Waals surface area contributed by atoms with Gasteiger partial charge in [-0.2, -0.15) is 5.10 Å². The zero-order valence-electron chi connectivity index (χ0n) is 14.7. The lowest BCUT2D eigenvalue weighted by molar-refractivity contribution is 0.0950. The summed E-state index contributed by atoms with van der Waals surface area (Å²) < 4.78 is 3.79. The van der Waals surface area contributed by atoms with Crippen LogP contribution < -0.4 is 5.32 Å². The van der Waals surface area contributed by atoms with Gasteiger partial charge in [0, 0.05) is 51.5 Å². The van der Waals surface area contributed by atoms with Crippen molar-refractivity contribution in [1.82, 2.24) is 34.5 Å². The summed E-state index contributed by atoms with van der Waals surface area (Å²) in [7, 11) is 1.79. The first kappa shape index (κ1) is 16.5. The lowest BCUT2D eigenvalue weighted by Crippen LogP contribution is -2.33. The molecule has 0 radical (unpaired) electrons. The molecule has 8 heteroatoms. The highest BCUT2D eigenvalue weighted by atomic mass is 16.1. The van der Waals surface area contributed by atoms with Crippen molar-refractivity contribution in [1.29, 1.82) is 0 Å². The maximum Gasteiger partial charge on any atom is 0.254 e. The zero-order valence-corrected chi connectivity index (χ0v) is 14.7. The summed E-state index contributed by atoms with van der Waals surface area (Å²) in [5.41, 5.74) is 2.69. The van der Waals surface area contributed by atoms with Crippen LogP contribution in [0.15, 0.2) is 43.1 Å². The van der Waals surface area contributed by atoms with Gasteiger partial charge in [-0.3, -0.25) is 19.4 Å². The summed E-state index contributed by atoms with van der Waals surface area (Å²) >= 11 is 0. The molecule has 134 valence electrons. The highest BCUT2D eigenvalue weighted by Gasteiger charge is 2.19. The molecule has 0 unspecified atom stereocenters. The second-order valence-corrected chi connectivity index (χ2v) is 6.49. The Morgan fingerprint density at radius 3 is 2.85 bits per heavy atom. The third-order valence-electron chi connectivity index (χ3n) is 4.48. The first-order chi connectivity index (χ1) is 12.7. The fourth-order valence-corrected chi connectivity index (χ4v) is 3.14. The summed E-state index contributed by atoms with van der Waals surface area (Å²) in [6.07, 6.45) is 8.93. The third kappa shape index (κ3) is 3.65. The Morgan fingerprint density at radius 1 is 1.23 bits per heavy atom. The van der Waals surface area contributed by atoms with Gasteiger partial charge in [0.05, 0.1) is 30.5 Å². The predicted octanol–water partition coefficient (Wildman–Crippen LogP) is 0.957. The average molecular weight is 351 g/mol. The van der Waals surface area contributed by atoms with Gasteiger partial charge in [-0.05, 0) is 17.7 Å². The molecular formula is C18H21N7O. The molecule has 8 nitrogen and oxygen atoms in total. The minimum atomic E-state index is -0.136. The molecule has 4 rings (SSSR count). The maximum atomic E-state index is 12.1. The minimum Gasteiger partial charge on any atom is -0.346 e. The monoisotopic (exact) mass is 351 g/mol. The van der Waals surface area contributed by atoms with Crippen molar-refractivity contribution in [3.05, 3.63) is 65.8 Å². The highest BCUT2D eigenvalue weighted by molar-refractivity contribution is 5.93. The van der Waals surface area contributed by atoms with Gasteiger partial charge in [-0.1, -0.05) is 0 Å². The number of hydrogen-bond acceptors (Lipinski definition) is 5. The number of nitrogens with one attached hydrogen (secondary N) is 1. The van der Waals surface area contributed by atoms with E-state index in [1.54, 1.807) is 24.1 Å². The van der Waals surface area contributed by atoms with E-state index in [-0.39, 0.29) is 5.91 Å². The first-order valence-corrected chi connectivity index (χ1v) is 8.60. The van der Waals surface area contributed by atoms with E-state index in [4.69, 9.17) is 0 Å². The lowest BCUT2D eigenvalue weighted by Gasteiger charge is -2.27. The lowest BCUT2D eigenvalue weighted by atomic mass is 10.2. The number of fused-ring (bicyclic) bond motifs is 1. The van der Waals surface area contributed by atoms with Crippen molar-refractivity contribution in [3.63, 3.8) is 0 Å². The van der Waals surface area contributed by atoms with E-state index in [1.165, 1.54) is 5.56 Å². The summed E-state index contributed by atoms with van der Waals surface area (Å²) in [5, 5.41) is 6.92. The second-order valence-electron chi connectivity index (χ2n) is 6.49. The smallest absolute Gasteiger partial charge is 0.254 e. The Bertz CT molecular complexity index is 899. The first-order valence-electron chi connectivity index (χ1n) is 8.60. The van der Waals surface area contributed by atoms with Crippen molar-refractivity contribution in [3.8, 4) is 0 Å². The molecule has 0 fully saturated rings. The normalized spacial score (nSPS) is 14.2. The van der Waals surface area contributed by atoms with Crippen LogP contribution in [0.1, 0.15) is 27.4 Å². The van der Waals surface area contributed by atoms with Crippen LogP contribution in [-0.2, 0) is 33.2 Å². The quantitative estimate of drug-likeness (QED) is 0.740. The number of amides is 1. The molecular weight excluding hydrogens is 330 g/mol. The predicted molar refractivity (Wildman–Crippen MR) is 95.0 cm³/mol. The number of rotatable bonds is 5. The van der Waals surface area contributed by atoms with Gasteiger partial charge in [0.25, 0.3) is 5.91 Å². The Hall–Kier alpha value is -3.00. The standard InChI is InChI=1S/C18H21N7O/c1-23-11-15(8-21-23)18(26)20-9-16-12-25-7-6-24(13-17(25)22-16)10-14-2-4-19-5-3-14/h2-5,8,11-12H,6-7,9-10,13H2,1H3,(H,20,26). The second kappa shape index (κ2) is 7.09. The molecule has 3 aromatic heterocycles. The van der Waals surface area contributed by atoms with E-state index in [0.29, 0.717) is 12.1 Å². The van der Waals surface area contributed by atoms with Crippen LogP contribution in [0.4, 0.5) is 0 Å². The van der Waals surface area contributed by atoms with Crippen LogP contribution in [-0.4, -0.2) is 41.7 Å². The number of imidazole rings is 1. The van der Waals surface area contributed by atoms with E-state index in [1.807, 2.05) is 30.7 Å². The van der Waals surface area contributed by atoms with E-state index < -0.39 is 0 Å². The van der Waals surface area contributed by atoms with Gasteiger partial charge in [-0.15, -0.1) is 0 Å². The molecule has 0 aromatic carbocycles. The Morgan fingerprint density at radius 2 is 2.08 bits per heavy atom. The van der Waals surface area contributed by atoms with Crippen LogP contribution in [0.2, 0.25) is 0 Å². The summed E-state index contributed by atoms with van der Waals surface area (Å²) in [5.74, 6) is 0.902. The third-order valence-corrected chi connectivity index (χ3v) is 4.48. The molecule has 4 heterocycles.